The van der Waals surface area contributed by atoms with Crippen molar-refractivity contribution >= 4 is 16.9 Å². The maximum Gasteiger partial charge on any atom is 0.252 e. The van der Waals surface area contributed by atoms with E-state index in [1.807, 2.05) is 34.6 Å². The van der Waals surface area contributed by atoms with Gasteiger partial charge in [0.05, 0.1) is 23.3 Å². The van der Waals surface area contributed by atoms with Gasteiger partial charge < -0.3 is 10.4 Å². The van der Waals surface area contributed by atoms with Gasteiger partial charge in [-0.05, 0) is 18.9 Å². The highest BCUT2D eigenvalue weighted by atomic mass is 16.3. The monoisotopic (exact) mass is 318 g/mol. The number of hydrogen-bond donors (Lipinski definition) is 2. The van der Waals surface area contributed by atoms with Crippen LogP contribution in [0.4, 0.5) is 0 Å². The van der Waals surface area contributed by atoms with Crippen molar-refractivity contribution in [3.8, 4) is 0 Å². The Balaban J connectivity index is 2.22. The maximum absolute atomic E-state index is 12.6. The first-order valence-electron chi connectivity index (χ1n) is 7.89. The second kappa shape index (κ2) is 6.28. The number of carbonyl (C=O) groups excluding carboxylic acids is 1. The van der Waals surface area contributed by atoms with Crippen molar-refractivity contribution in [2.45, 2.75) is 40.7 Å². The summed E-state index contributed by atoms with van der Waals surface area (Å²) >= 11 is 0. The van der Waals surface area contributed by atoms with Crippen molar-refractivity contribution in [1.29, 1.82) is 0 Å². The molecule has 1 amide bonds. The molecule has 0 aliphatic rings. The molecule has 0 saturated carbocycles. The third-order valence-corrected chi connectivity index (χ3v) is 4.21. The summed E-state index contributed by atoms with van der Waals surface area (Å²) in [5, 5.41) is 18.1. The summed E-state index contributed by atoms with van der Waals surface area (Å²) in [5.74, 6) is -0.0346. The van der Waals surface area contributed by atoms with Gasteiger partial charge in [-0.15, -0.1) is 0 Å². The van der Waals surface area contributed by atoms with E-state index in [4.69, 9.17) is 0 Å². The van der Waals surface area contributed by atoms with Crippen LogP contribution >= 0.6 is 0 Å². The Kier molecular flexibility index (Phi) is 4.75. The molecule has 1 atom stereocenters. The van der Waals surface area contributed by atoms with Crippen molar-refractivity contribution in [2.75, 3.05) is 6.54 Å². The van der Waals surface area contributed by atoms with Crippen LogP contribution in [0.15, 0.2) is 12.3 Å². The zero-order valence-corrected chi connectivity index (χ0v) is 14.7. The number of nitrogens with zero attached hydrogens (tertiary/aromatic N) is 3. The molecule has 0 saturated heterocycles. The van der Waals surface area contributed by atoms with E-state index >= 15 is 0 Å². The number of aliphatic hydroxyl groups is 1. The van der Waals surface area contributed by atoms with Gasteiger partial charge >= 0.3 is 0 Å². The fraction of sp³-hybridized carbons (Fsp3) is 0.588. The predicted molar refractivity (Wildman–Crippen MR) is 90.2 cm³/mol. The molecule has 2 aromatic heterocycles. The van der Waals surface area contributed by atoms with Gasteiger partial charge in [-0.1, -0.05) is 27.7 Å². The van der Waals surface area contributed by atoms with Gasteiger partial charge in [0.15, 0.2) is 5.65 Å². The summed E-state index contributed by atoms with van der Waals surface area (Å²) in [4.78, 5) is 17.0. The summed E-state index contributed by atoms with van der Waals surface area (Å²) in [5.41, 5.74) is 1.62. The fourth-order valence-corrected chi connectivity index (χ4v) is 2.84. The molecule has 0 aromatic carbocycles. The van der Waals surface area contributed by atoms with Crippen LogP contribution in [-0.2, 0) is 7.05 Å². The largest absolute Gasteiger partial charge is 0.392 e. The quantitative estimate of drug-likeness (QED) is 0.884. The number of carbonyl (C=O) groups is 1. The molecular weight excluding hydrogens is 292 g/mol. The van der Waals surface area contributed by atoms with Crippen molar-refractivity contribution < 1.29 is 9.90 Å². The lowest BCUT2D eigenvalue weighted by Crippen LogP contribution is -2.43. The maximum atomic E-state index is 12.6. The van der Waals surface area contributed by atoms with Gasteiger partial charge in [-0.3, -0.25) is 9.48 Å². The number of amides is 1. The van der Waals surface area contributed by atoms with E-state index in [9.17, 15) is 9.90 Å². The highest BCUT2D eigenvalue weighted by Crippen LogP contribution is 2.25. The van der Waals surface area contributed by atoms with E-state index < -0.39 is 11.5 Å². The van der Waals surface area contributed by atoms with Crippen molar-refractivity contribution in [3.05, 3.63) is 23.5 Å². The Morgan fingerprint density at radius 1 is 1.43 bits per heavy atom. The Hall–Kier alpha value is -1.95. The normalized spacial score (nSPS) is 13.6. The fourth-order valence-electron chi connectivity index (χ4n) is 2.84. The first-order chi connectivity index (χ1) is 10.6. The molecule has 0 aliphatic heterocycles. The summed E-state index contributed by atoms with van der Waals surface area (Å²) in [6.45, 7) is 10.1. The Labute approximate surface area is 136 Å². The lowest BCUT2D eigenvalue weighted by atomic mass is 9.80. The van der Waals surface area contributed by atoms with Gasteiger partial charge in [-0.2, -0.15) is 5.10 Å². The smallest absolute Gasteiger partial charge is 0.252 e. The van der Waals surface area contributed by atoms with Crippen LogP contribution in [0.2, 0.25) is 0 Å². The molecule has 126 valence electrons. The molecule has 2 rings (SSSR count). The number of nitrogens with one attached hydrogen (secondary N) is 1. The third kappa shape index (κ3) is 3.52. The highest BCUT2D eigenvalue weighted by molar-refractivity contribution is 6.05. The number of pyridine rings is 1. The number of hydrogen-bond acceptors (Lipinski definition) is 4. The second-order valence-electron chi connectivity index (χ2n) is 7.18. The Morgan fingerprint density at radius 3 is 2.70 bits per heavy atom. The zero-order chi connectivity index (χ0) is 17.4. The molecule has 0 aliphatic carbocycles. The SMILES string of the molecule is Cc1cc(C(=O)NCC(C)(C)C(O)C(C)C)c2cnn(C)c2n1. The van der Waals surface area contributed by atoms with Crippen molar-refractivity contribution in [2.24, 2.45) is 18.4 Å². The first kappa shape index (κ1) is 17.4. The molecule has 0 fully saturated rings. The van der Waals surface area contributed by atoms with E-state index in [1.54, 1.807) is 24.0 Å². The predicted octanol–water partition coefficient (Wildman–Crippen LogP) is 2.05. The van der Waals surface area contributed by atoms with Crippen LogP contribution in [-0.4, -0.2) is 38.4 Å². The van der Waals surface area contributed by atoms with Crippen LogP contribution in [0, 0.1) is 18.3 Å². The molecule has 1 unspecified atom stereocenters. The van der Waals surface area contributed by atoms with Crippen LogP contribution in [0.25, 0.3) is 11.0 Å². The van der Waals surface area contributed by atoms with E-state index in [1.165, 1.54) is 0 Å². The molecule has 2 heterocycles. The lowest BCUT2D eigenvalue weighted by molar-refractivity contribution is 0.0138. The Morgan fingerprint density at radius 2 is 2.09 bits per heavy atom. The summed E-state index contributed by atoms with van der Waals surface area (Å²) in [7, 11) is 1.80. The summed E-state index contributed by atoms with van der Waals surface area (Å²) in [6, 6.07) is 1.77. The zero-order valence-electron chi connectivity index (χ0n) is 14.7. The lowest BCUT2D eigenvalue weighted by Gasteiger charge is -2.33. The highest BCUT2D eigenvalue weighted by Gasteiger charge is 2.30. The van der Waals surface area contributed by atoms with E-state index in [0.717, 1.165) is 11.1 Å². The topological polar surface area (TPSA) is 80.0 Å². The average Bonchev–Trinajstić information content (AvgIpc) is 2.84. The molecule has 0 bridgehead atoms. The van der Waals surface area contributed by atoms with Gasteiger partial charge in [-0.25, -0.2) is 4.98 Å². The van der Waals surface area contributed by atoms with Crippen LogP contribution in [0.5, 0.6) is 0 Å². The summed E-state index contributed by atoms with van der Waals surface area (Å²) < 4.78 is 1.66. The average molecular weight is 318 g/mol. The number of fused-ring (bicyclic) bond motifs is 1. The van der Waals surface area contributed by atoms with Crippen molar-refractivity contribution in [1.82, 2.24) is 20.1 Å². The molecule has 0 radical (unpaired) electrons. The number of aliphatic hydroxyl groups excluding tert-OH is 1. The Bertz CT molecular complexity index is 719. The summed E-state index contributed by atoms with van der Waals surface area (Å²) in [6.07, 6.45) is 1.17. The van der Waals surface area contributed by atoms with Gasteiger partial charge in [0.2, 0.25) is 0 Å². The third-order valence-electron chi connectivity index (χ3n) is 4.21. The van der Waals surface area contributed by atoms with E-state index in [-0.39, 0.29) is 11.8 Å². The molecule has 2 aromatic rings. The second-order valence-corrected chi connectivity index (χ2v) is 7.18. The standard InChI is InChI=1S/C17H26N4O2/c1-10(2)14(22)17(4,5)9-18-16(23)12-7-11(3)20-15-13(12)8-19-21(15)6/h7-8,10,14,22H,9H2,1-6H3,(H,18,23). The molecule has 6 heteroatoms. The van der Waals surface area contributed by atoms with E-state index in [0.29, 0.717) is 17.8 Å². The minimum absolute atomic E-state index is 0.134. The van der Waals surface area contributed by atoms with E-state index in [2.05, 4.69) is 15.4 Å². The molecular formula is C17H26N4O2. The van der Waals surface area contributed by atoms with Gasteiger partial charge in [0.1, 0.15) is 0 Å². The van der Waals surface area contributed by atoms with Crippen molar-refractivity contribution in [3.63, 3.8) is 0 Å². The van der Waals surface area contributed by atoms with Gasteiger partial charge in [0.25, 0.3) is 5.91 Å². The van der Waals surface area contributed by atoms with Crippen LogP contribution in [0.3, 0.4) is 0 Å². The number of rotatable bonds is 5. The first-order valence-corrected chi connectivity index (χ1v) is 7.89. The number of aryl methyl sites for hydroxylation is 2. The molecule has 23 heavy (non-hydrogen) atoms. The van der Waals surface area contributed by atoms with Crippen LogP contribution < -0.4 is 5.32 Å². The minimum Gasteiger partial charge on any atom is -0.392 e. The van der Waals surface area contributed by atoms with Gasteiger partial charge in [0, 0.05) is 24.7 Å². The number of aromatic nitrogens is 3. The minimum atomic E-state index is -0.486. The van der Waals surface area contributed by atoms with Crippen LogP contribution in [0.1, 0.15) is 43.7 Å². The molecule has 2 N–H and O–H groups in total. The molecule has 6 nitrogen and oxygen atoms in total. The molecule has 0 spiro atoms.